The number of hydrogen-bond donors (Lipinski definition) is 1. The predicted molar refractivity (Wildman–Crippen MR) is 95.5 cm³/mol. The molecule has 4 rings (SSSR count). The van der Waals surface area contributed by atoms with Gasteiger partial charge in [0.05, 0.1) is 11.7 Å². The zero-order valence-electron chi connectivity index (χ0n) is 14.9. The number of alkyl halides is 3. The van der Waals surface area contributed by atoms with E-state index in [0.29, 0.717) is 35.4 Å². The molecule has 1 aromatic carbocycles. The number of nitrogens with one attached hydrogen (secondary N) is 1. The van der Waals surface area contributed by atoms with E-state index in [9.17, 15) is 18.0 Å². The Hall–Kier alpha value is -3.10. The van der Waals surface area contributed by atoms with Gasteiger partial charge in [-0.05, 0) is 36.8 Å². The summed E-state index contributed by atoms with van der Waals surface area (Å²) in [7, 11) is 0. The van der Waals surface area contributed by atoms with Gasteiger partial charge in [0.15, 0.2) is 0 Å². The molecule has 9 heteroatoms. The highest BCUT2D eigenvalue weighted by molar-refractivity contribution is 5.90. The molecule has 0 aliphatic carbocycles. The maximum Gasteiger partial charge on any atom is 0.504 e. The van der Waals surface area contributed by atoms with Crippen LogP contribution in [0.3, 0.4) is 0 Å². The van der Waals surface area contributed by atoms with E-state index < -0.39 is 6.30 Å². The third-order valence-corrected chi connectivity index (χ3v) is 4.84. The molecule has 0 radical (unpaired) electrons. The van der Waals surface area contributed by atoms with Crippen molar-refractivity contribution in [2.75, 3.05) is 6.54 Å². The molecule has 3 aromatic rings. The molecule has 0 spiro atoms. The number of halogens is 3. The molecule has 2 aromatic heterocycles. The van der Waals surface area contributed by atoms with Crippen LogP contribution in [0.15, 0.2) is 42.9 Å². The van der Waals surface area contributed by atoms with Crippen molar-refractivity contribution >= 4 is 16.8 Å². The number of pyridine rings is 1. The Labute approximate surface area is 158 Å². The van der Waals surface area contributed by atoms with Crippen molar-refractivity contribution in [3.8, 4) is 16.9 Å². The molecule has 1 saturated heterocycles. The molecule has 0 bridgehead atoms. The first-order chi connectivity index (χ1) is 13.3. The number of amides is 1. The predicted octanol–water partition coefficient (Wildman–Crippen LogP) is 3.48. The van der Waals surface area contributed by atoms with Crippen LogP contribution in [-0.2, 0) is 11.1 Å². The Kier molecular flexibility index (Phi) is 4.44. The van der Waals surface area contributed by atoms with Crippen molar-refractivity contribution in [1.29, 1.82) is 0 Å². The number of hydrogen-bond acceptors (Lipinski definition) is 4. The van der Waals surface area contributed by atoms with E-state index in [-0.39, 0.29) is 22.6 Å². The summed E-state index contributed by atoms with van der Waals surface area (Å²) < 4.78 is 44.6. The molecule has 2 atom stereocenters. The summed E-state index contributed by atoms with van der Waals surface area (Å²) in [5.74, 6) is 0.517. The molecule has 1 amide bonds. The van der Waals surface area contributed by atoms with Gasteiger partial charge < -0.3 is 10.1 Å². The minimum atomic E-state index is -4.58. The maximum absolute atomic E-state index is 12.9. The third-order valence-electron chi connectivity index (χ3n) is 4.84. The summed E-state index contributed by atoms with van der Waals surface area (Å²) in [5, 5.41) is 6.92. The average molecular weight is 390 g/mol. The van der Waals surface area contributed by atoms with E-state index in [2.05, 4.69) is 15.4 Å². The second-order valence-corrected chi connectivity index (χ2v) is 6.78. The van der Waals surface area contributed by atoms with Crippen molar-refractivity contribution in [3.05, 3.63) is 42.9 Å². The SMILES string of the molecule is CC(Oc1cc(-c2cnn(C(F)(F)F)c2)cc2ncccc12)C1CNC(=O)C1. The van der Waals surface area contributed by atoms with Crippen LogP contribution in [0.2, 0.25) is 0 Å². The van der Waals surface area contributed by atoms with Gasteiger partial charge in [0.25, 0.3) is 0 Å². The maximum atomic E-state index is 12.9. The first kappa shape index (κ1) is 18.3. The number of carbonyl (C=O) groups excluding carboxylic acids is 1. The Balaban J connectivity index is 1.71. The monoisotopic (exact) mass is 390 g/mol. The van der Waals surface area contributed by atoms with Crippen LogP contribution in [0.1, 0.15) is 13.3 Å². The van der Waals surface area contributed by atoms with E-state index in [4.69, 9.17) is 4.74 Å². The van der Waals surface area contributed by atoms with Gasteiger partial charge in [-0.1, -0.05) is 0 Å². The van der Waals surface area contributed by atoms with Gasteiger partial charge in [0.2, 0.25) is 5.91 Å². The summed E-state index contributed by atoms with van der Waals surface area (Å²) in [5.41, 5.74) is 1.42. The third kappa shape index (κ3) is 3.51. The Morgan fingerprint density at radius 2 is 2.14 bits per heavy atom. The van der Waals surface area contributed by atoms with Gasteiger partial charge in [-0.2, -0.15) is 9.78 Å². The second kappa shape index (κ2) is 6.81. The number of aromatic nitrogens is 3. The Morgan fingerprint density at radius 1 is 1.32 bits per heavy atom. The minimum absolute atomic E-state index is 0.0136. The normalized spacial score (nSPS) is 18.3. The van der Waals surface area contributed by atoms with Crippen molar-refractivity contribution in [2.45, 2.75) is 25.7 Å². The lowest BCUT2D eigenvalue weighted by Gasteiger charge is -2.21. The van der Waals surface area contributed by atoms with Crippen LogP contribution in [0.5, 0.6) is 5.75 Å². The lowest BCUT2D eigenvalue weighted by molar-refractivity contribution is -0.212. The smallest absolute Gasteiger partial charge is 0.490 e. The zero-order chi connectivity index (χ0) is 19.9. The lowest BCUT2D eigenvalue weighted by atomic mass is 10.0. The van der Waals surface area contributed by atoms with E-state index in [1.54, 1.807) is 24.4 Å². The van der Waals surface area contributed by atoms with Gasteiger partial charge >= 0.3 is 6.30 Å². The minimum Gasteiger partial charge on any atom is -0.490 e. The molecule has 3 heterocycles. The molecule has 146 valence electrons. The molecule has 2 unspecified atom stereocenters. The number of benzene rings is 1. The van der Waals surface area contributed by atoms with E-state index >= 15 is 0 Å². The largest absolute Gasteiger partial charge is 0.504 e. The fraction of sp³-hybridized carbons (Fsp3) is 0.316. The Morgan fingerprint density at radius 3 is 2.82 bits per heavy atom. The Bertz CT molecular complexity index is 1030. The molecule has 1 N–H and O–H groups in total. The number of fused-ring (bicyclic) bond motifs is 1. The number of rotatable bonds is 4. The van der Waals surface area contributed by atoms with Crippen LogP contribution in [0.4, 0.5) is 13.2 Å². The summed E-state index contributed by atoms with van der Waals surface area (Å²) >= 11 is 0. The van der Waals surface area contributed by atoms with Crippen LogP contribution in [-0.4, -0.2) is 33.3 Å². The van der Waals surface area contributed by atoms with Crippen molar-refractivity contribution < 1.29 is 22.7 Å². The summed E-state index contributed by atoms with van der Waals surface area (Å²) in [4.78, 5) is 15.8. The van der Waals surface area contributed by atoms with Crippen LogP contribution in [0, 0.1) is 5.92 Å². The molecule has 1 aliphatic heterocycles. The van der Waals surface area contributed by atoms with Gasteiger partial charge in [0.1, 0.15) is 11.9 Å². The summed E-state index contributed by atoms with van der Waals surface area (Å²) in [6.07, 6.45) is -0.756. The van der Waals surface area contributed by atoms with Crippen molar-refractivity contribution in [3.63, 3.8) is 0 Å². The summed E-state index contributed by atoms with van der Waals surface area (Å²) in [6, 6.07) is 6.99. The highest BCUT2D eigenvalue weighted by Gasteiger charge is 2.32. The molecule has 1 aliphatic rings. The first-order valence-corrected chi connectivity index (χ1v) is 8.75. The molecule has 0 saturated carbocycles. The lowest BCUT2D eigenvalue weighted by Crippen LogP contribution is -2.25. The molecule has 1 fully saturated rings. The second-order valence-electron chi connectivity index (χ2n) is 6.78. The molecule has 28 heavy (non-hydrogen) atoms. The topological polar surface area (TPSA) is 69.0 Å². The molecule has 6 nitrogen and oxygen atoms in total. The van der Waals surface area contributed by atoms with E-state index in [1.807, 2.05) is 13.0 Å². The van der Waals surface area contributed by atoms with Crippen LogP contribution >= 0.6 is 0 Å². The van der Waals surface area contributed by atoms with E-state index in [1.165, 1.54) is 0 Å². The van der Waals surface area contributed by atoms with Crippen LogP contribution in [0.25, 0.3) is 22.0 Å². The van der Waals surface area contributed by atoms with Crippen molar-refractivity contribution in [2.24, 2.45) is 5.92 Å². The van der Waals surface area contributed by atoms with Gasteiger partial charge in [-0.3, -0.25) is 9.78 Å². The van der Waals surface area contributed by atoms with E-state index in [0.717, 1.165) is 17.8 Å². The first-order valence-electron chi connectivity index (χ1n) is 8.75. The molecular weight excluding hydrogens is 373 g/mol. The van der Waals surface area contributed by atoms with Gasteiger partial charge in [0, 0.05) is 42.2 Å². The number of nitrogens with zero attached hydrogens (tertiary/aromatic N) is 3. The van der Waals surface area contributed by atoms with Crippen molar-refractivity contribution in [1.82, 2.24) is 20.1 Å². The van der Waals surface area contributed by atoms with Gasteiger partial charge in [-0.15, -0.1) is 13.2 Å². The van der Waals surface area contributed by atoms with Gasteiger partial charge in [-0.25, -0.2) is 0 Å². The molecular formula is C19H17F3N4O2. The fourth-order valence-electron chi connectivity index (χ4n) is 3.28. The number of ether oxygens (including phenoxy) is 1. The average Bonchev–Trinajstić information content (AvgIpc) is 3.30. The highest BCUT2D eigenvalue weighted by Crippen LogP contribution is 2.34. The van der Waals surface area contributed by atoms with Crippen LogP contribution < -0.4 is 10.1 Å². The standard InChI is InChI=1S/C19H17F3N4O2/c1-11(13-7-18(27)24-8-13)28-17-6-12(5-16-15(17)3-2-4-23-16)14-9-25-26(10-14)19(20,21)22/h2-6,9-11,13H,7-8H2,1H3,(H,24,27). The summed E-state index contributed by atoms with van der Waals surface area (Å²) in [6.45, 7) is 2.41. The quantitative estimate of drug-likeness (QED) is 0.741. The zero-order valence-corrected chi connectivity index (χ0v) is 14.9. The fourth-order valence-corrected chi connectivity index (χ4v) is 3.28. The highest BCUT2D eigenvalue weighted by atomic mass is 19.4. The number of carbonyl (C=O) groups is 1.